The van der Waals surface area contributed by atoms with Crippen LogP contribution in [0.15, 0.2) is 85.1 Å². The van der Waals surface area contributed by atoms with E-state index in [1.807, 2.05) is 47.5 Å². The fourth-order valence-electron chi connectivity index (χ4n) is 5.49. The minimum atomic E-state index is -0.324. The molecule has 2 amide bonds. The molecule has 0 N–H and O–H groups in total. The number of rotatable bonds is 7. The van der Waals surface area contributed by atoms with E-state index in [1.165, 1.54) is 0 Å². The number of hydrogen-bond donors (Lipinski definition) is 0. The Hall–Kier alpha value is -4.52. The molecule has 3 aromatic carbocycles. The molecule has 1 aromatic heterocycles. The molecule has 0 bridgehead atoms. The number of amides is 2. The highest BCUT2D eigenvalue weighted by atomic mass is 16.5. The number of benzene rings is 3. The molecule has 4 aromatic rings. The highest BCUT2D eigenvalue weighted by Crippen LogP contribution is 2.43. The average molecular weight is 522 g/mol. The molecule has 1 aliphatic heterocycles. The summed E-state index contributed by atoms with van der Waals surface area (Å²) in [7, 11) is 3.11. The predicted molar refractivity (Wildman–Crippen MR) is 150 cm³/mol. The number of anilines is 1. The van der Waals surface area contributed by atoms with Gasteiger partial charge in [-0.2, -0.15) is 0 Å². The minimum absolute atomic E-state index is 0.0274. The molecule has 1 unspecified atom stereocenters. The summed E-state index contributed by atoms with van der Waals surface area (Å²) in [6.07, 6.45) is 3.79. The Morgan fingerprint density at radius 2 is 1.59 bits per heavy atom. The SMILES string of the molecule is COc1cc(OC)cc(C(=O)N(CC(=O)N2c3ccccc3-n3cccc3C2c2cccc(C)c2)C2CC2)c1. The third-order valence-electron chi connectivity index (χ3n) is 7.50. The molecule has 7 heteroatoms. The lowest BCUT2D eigenvalue weighted by Crippen LogP contribution is -2.47. The fourth-order valence-corrected chi connectivity index (χ4v) is 5.49. The fraction of sp³-hybridized carbons (Fsp3) is 0.250. The molecular formula is C32H31N3O4. The van der Waals surface area contributed by atoms with Crippen LogP contribution in [-0.2, 0) is 4.79 Å². The summed E-state index contributed by atoms with van der Waals surface area (Å²) in [6, 6.07) is 25.1. The van der Waals surface area contributed by atoms with Crippen molar-refractivity contribution in [1.82, 2.24) is 9.47 Å². The van der Waals surface area contributed by atoms with E-state index in [0.717, 1.165) is 41.0 Å². The highest BCUT2D eigenvalue weighted by molar-refractivity contribution is 6.03. The van der Waals surface area contributed by atoms with E-state index in [9.17, 15) is 9.59 Å². The van der Waals surface area contributed by atoms with Crippen LogP contribution in [-0.4, -0.2) is 48.1 Å². The first-order chi connectivity index (χ1) is 19.0. The van der Waals surface area contributed by atoms with E-state index in [-0.39, 0.29) is 30.4 Å². The van der Waals surface area contributed by atoms with Gasteiger partial charge in [-0.1, -0.05) is 42.0 Å². The molecule has 198 valence electrons. The van der Waals surface area contributed by atoms with E-state index in [0.29, 0.717) is 17.1 Å². The summed E-state index contributed by atoms with van der Waals surface area (Å²) in [5.74, 6) is 0.732. The smallest absolute Gasteiger partial charge is 0.254 e. The molecule has 1 saturated carbocycles. The second-order valence-electron chi connectivity index (χ2n) is 10.1. The summed E-state index contributed by atoms with van der Waals surface area (Å²) in [5.41, 5.74) is 5.36. The van der Waals surface area contributed by atoms with Crippen LogP contribution < -0.4 is 14.4 Å². The molecule has 6 rings (SSSR count). The average Bonchev–Trinajstić information content (AvgIpc) is 3.69. The topological polar surface area (TPSA) is 64.0 Å². The lowest BCUT2D eigenvalue weighted by molar-refractivity contribution is -0.119. The second-order valence-corrected chi connectivity index (χ2v) is 10.1. The number of nitrogens with zero attached hydrogens (tertiary/aromatic N) is 3. The van der Waals surface area contributed by atoms with Gasteiger partial charge in [0.1, 0.15) is 24.1 Å². The van der Waals surface area contributed by atoms with Crippen LogP contribution in [0, 0.1) is 6.92 Å². The van der Waals surface area contributed by atoms with Crippen molar-refractivity contribution >= 4 is 17.5 Å². The van der Waals surface area contributed by atoms with Crippen LogP contribution in [0.5, 0.6) is 11.5 Å². The molecule has 1 atom stereocenters. The Morgan fingerprint density at radius 1 is 0.872 bits per heavy atom. The van der Waals surface area contributed by atoms with Crippen LogP contribution in [0.1, 0.15) is 46.1 Å². The van der Waals surface area contributed by atoms with Gasteiger partial charge >= 0.3 is 0 Å². The van der Waals surface area contributed by atoms with Gasteiger partial charge in [0.15, 0.2) is 0 Å². The van der Waals surface area contributed by atoms with E-state index < -0.39 is 0 Å². The number of hydrogen-bond acceptors (Lipinski definition) is 4. The van der Waals surface area contributed by atoms with Crippen molar-refractivity contribution in [3.63, 3.8) is 0 Å². The van der Waals surface area contributed by atoms with Crippen molar-refractivity contribution in [2.75, 3.05) is 25.7 Å². The van der Waals surface area contributed by atoms with Crippen LogP contribution in [0.25, 0.3) is 5.69 Å². The molecule has 1 fully saturated rings. The first kappa shape index (κ1) is 24.8. The lowest BCUT2D eigenvalue weighted by atomic mass is 9.96. The Bertz CT molecular complexity index is 1530. The molecule has 7 nitrogen and oxygen atoms in total. The normalized spacial score (nSPS) is 15.8. The van der Waals surface area contributed by atoms with Crippen molar-refractivity contribution in [2.45, 2.75) is 31.8 Å². The third-order valence-corrected chi connectivity index (χ3v) is 7.50. The third kappa shape index (κ3) is 4.54. The summed E-state index contributed by atoms with van der Waals surface area (Å²) in [4.78, 5) is 31.8. The molecule has 39 heavy (non-hydrogen) atoms. The number of aryl methyl sites for hydroxylation is 1. The van der Waals surface area contributed by atoms with Gasteiger partial charge in [-0.3, -0.25) is 14.5 Å². The van der Waals surface area contributed by atoms with Gasteiger partial charge in [0.05, 0.1) is 31.3 Å². The molecule has 0 spiro atoms. The maximum absolute atomic E-state index is 14.4. The van der Waals surface area contributed by atoms with Gasteiger partial charge in [-0.15, -0.1) is 0 Å². The summed E-state index contributed by atoms with van der Waals surface area (Å²) < 4.78 is 12.9. The van der Waals surface area contributed by atoms with Crippen molar-refractivity contribution in [2.24, 2.45) is 0 Å². The summed E-state index contributed by atoms with van der Waals surface area (Å²) in [5, 5.41) is 0. The maximum Gasteiger partial charge on any atom is 0.254 e. The van der Waals surface area contributed by atoms with Crippen molar-refractivity contribution in [3.05, 3.63) is 107 Å². The van der Waals surface area contributed by atoms with Crippen LogP contribution >= 0.6 is 0 Å². The molecule has 2 aliphatic rings. The molecule has 0 saturated heterocycles. The zero-order valence-electron chi connectivity index (χ0n) is 22.3. The predicted octanol–water partition coefficient (Wildman–Crippen LogP) is 5.54. The van der Waals surface area contributed by atoms with Gasteiger partial charge in [0, 0.05) is 23.9 Å². The molecular weight excluding hydrogens is 490 g/mol. The van der Waals surface area contributed by atoms with E-state index in [2.05, 4.69) is 35.8 Å². The Labute approximate surface area is 228 Å². The first-order valence-corrected chi connectivity index (χ1v) is 13.2. The largest absolute Gasteiger partial charge is 0.497 e. The van der Waals surface area contributed by atoms with Crippen molar-refractivity contribution in [3.8, 4) is 17.2 Å². The second kappa shape index (κ2) is 9.98. The first-order valence-electron chi connectivity index (χ1n) is 13.2. The molecule has 0 radical (unpaired) electrons. The van der Waals surface area contributed by atoms with Crippen molar-refractivity contribution in [1.29, 1.82) is 0 Å². The van der Waals surface area contributed by atoms with Gasteiger partial charge in [-0.05, 0) is 61.7 Å². The van der Waals surface area contributed by atoms with Gasteiger partial charge in [0.2, 0.25) is 5.91 Å². The van der Waals surface area contributed by atoms with Gasteiger partial charge in [-0.25, -0.2) is 0 Å². The Morgan fingerprint density at radius 3 is 2.26 bits per heavy atom. The van der Waals surface area contributed by atoms with Crippen LogP contribution in [0.2, 0.25) is 0 Å². The summed E-state index contributed by atoms with van der Waals surface area (Å²) >= 11 is 0. The number of fused-ring (bicyclic) bond motifs is 3. The zero-order chi connectivity index (χ0) is 27.1. The summed E-state index contributed by atoms with van der Waals surface area (Å²) in [6.45, 7) is 2.03. The number of aromatic nitrogens is 1. The monoisotopic (exact) mass is 521 g/mol. The number of para-hydroxylation sites is 2. The Kier molecular flexibility index (Phi) is 6.35. The number of carbonyl (C=O) groups is 2. The number of methoxy groups -OCH3 is 2. The molecule has 2 heterocycles. The van der Waals surface area contributed by atoms with E-state index >= 15 is 0 Å². The quantitative estimate of drug-likeness (QED) is 0.320. The molecule has 1 aliphatic carbocycles. The van der Waals surface area contributed by atoms with Gasteiger partial charge < -0.3 is 18.9 Å². The number of carbonyl (C=O) groups excluding carboxylic acids is 2. The Balaban J connectivity index is 1.40. The maximum atomic E-state index is 14.4. The van der Waals surface area contributed by atoms with Gasteiger partial charge in [0.25, 0.3) is 5.91 Å². The zero-order valence-corrected chi connectivity index (χ0v) is 22.3. The lowest BCUT2D eigenvalue weighted by Gasteiger charge is -2.39. The van der Waals surface area contributed by atoms with Crippen molar-refractivity contribution < 1.29 is 19.1 Å². The highest BCUT2D eigenvalue weighted by Gasteiger charge is 2.40. The van der Waals surface area contributed by atoms with E-state index in [1.54, 1.807) is 37.3 Å². The van der Waals surface area contributed by atoms with Crippen LogP contribution in [0.4, 0.5) is 5.69 Å². The standard InChI is InChI=1S/C32H31N3O4/c1-21-8-6-9-22(16-21)31-29-12-7-15-33(29)27-10-4-5-11-28(27)35(31)30(36)20-34(24-13-14-24)32(37)23-17-25(38-2)19-26(18-23)39-3/h4-12,15-19,24,31H,13-14,20H2,1-3H3. The minimum Gasteiger partial charge on any atom is -0.497 e. The van der Waals surface area contributed by atoms with Crippen LogP contribution in [0.3, 0.4) is 0 Å². The number of ether oxygens (including phenoxy) is 2. The van der Waals surface area contributed by atoms with E-state index in [4.69, 9.17) is 9.47 Å².